The molecule has 8 heteroatoms. The third kappa shape index (κ3) is 2.02. The van der Waals surface area contributed by atoms with Crippen LogP contribution in [0.4, 0.5) is 5.95 Å². The van der Waals surface area contributed by atoms with E-state index in [0.717, 1.165) is 10.7 Å². The molecule has 0 radical (unpaired) electrons. The molecule has 0 spiro atoms. The van der Waals surface area contributed by atoms with Crippen LogP contribution in [0.2, 0.25) is 0 Å². The molecule has 0 aliphatic rings. The fraction of sp³-hybridized carbons (Fsp3) is 0.111. The number of nitrogens with one attached hydrogen (secondary N) is 2. The zero-order chi connectivity index (χ0) is 11.7. The van der Waals surface area contributed by atoms with E-state index in [4.69, 9.17) is 0 Å². The van der Waals surface area contributed by atoms with Crippen molar-refractivity contribution >= 4 is 28.2 Å². The zero-order valence-electron chi connectivity index (χ0n) is 8.62. The van der Waals surface area contributed by atoms with Gasteiger partial charge >= 0.3 is 0 Å². The number of fused-ring (bicyclic) bond motifs is 1. The number of thiazole rings is 1. The van der Waals surface area contributed by atoms with Crippen molar-refractivity contribution in [2.75, 3.05) is 5.32 Å². The first-order valence-electron chi connectivity index (χ1n) is 4.87. The highest BCUT2D eigenvalue weighted by Crippen LogP contribution is 2.11. The predicted molar refractivity (Wildman–Crippen MR) is 61.8 cm³/mol. The lowest BCUT2D eigenvalue weighted by Crippen LogP contribution is -2.15. The molecule has 3 heterocycles. The highest BCUT2D eigenvalue weighted by molar-refractivity contribution is 7.15. The summed E-state index contributed by atoms with van der Waals surface area (Å²) in [5.74, 6) is 0.170. The van der Waals surface area contributed by atoms with E-state index >= 15 is 0 Å². The first kappa shape index (κ1) is 9.97. The maximum Gasteiger partial charge on any atom is 0.232 e. The number of carbonyl (C=O) groups excluding carboxylic acids is 1. The maximum absolute atomic E-state index is 11.6. The van der Waals surface area contributed by atoms with Gasteiger partial charge in [0, 0.05) is 17.8 Å². The smallest absolute Gasteiger partial charge is 0.232 e. The lowest BCUT2D eigenvalue weighted by molar-refractivity contribution is -0.115. The summed E-state index contributed by atoms with van der Waals surface area (Å²) < 4.78 is 1.89. The van der Waals surface area contributed by atoms with Gasteiger partial charge in [-0.3, -0.25) is 14.5 Å². The molecule has 0 saturated carbocycles. The van der Waals surface area contributed by atoms with E-state index in [1.54, 1.807) is 0 Å². The van der Waals surface area contributed by atoms with Gasteiger partial charge in [0.15, 0.2) is 4.96 Å². The number of aromatic amines is 1. The highest BCUT2D eigenvalue weighted by Gasteiger charge is 2.09. The Hall–Kier alpha value is -2.22. The molecule has 0 atom stereocenters. The van der Waals surface area contributed by atoms with Crippen LogP contribution in [0, 0.1) is 0 Å². The van der Waals surface area contributed by atoms with Crippen LogP contribution in [0.5, 0.6) is 0 Å². The Morgan fingerprint density at radius 3 is 3.29 bits per heavy atom. The molecule has 3 aromatic rings. The summed E-state index contributed by atoms with van der Waals surface area (Å²) >= 11 is 1.53. The predicted octanol–water partition coefficient (Wildman–Crippen LogP) is 0.695. The molecule has 0 fully saturated rings. The molecular formula is C9H8N6OS. The Morgan fingerprint density at radius 1 is 1.59 bits per heavy atom. The second kappa shape index (κ2) is 3.98. The average Bonchev–Trinajstić information content (AvgIpc) is 2.92. The van der Waals surface area contributed by atoms with E-state index in [2.05, 4.69) is 25.5 Å². The van der Waals surface area contributed by atoms with Crippen LogP contribution >= 0.6 is 11.3 Å². The van der Waals surface area contributed by atoms with Crippen molar-refractivity contribution in [1.82, 2.24) is 24.6 Å². The summed E-state index contributed by atoms with van der Waals surface area (Å²) in [6.07, 6.45) is 5.30. The SMILES string of the molecule is O=C(Cc1cn2ccsc2n1)Nc1ncn[nH]1. The van der Waals surface area contributed by atoms with Crippen LogP contribution in [-0.4, -0.2) is 30.5 Å². The number of hydrogen-bond acceptors (Lipinski definition) is 5. The second-order valence-corrected chi connectivity index (χ2v) is 4.26. The quantitative estimate of drug-likeness (QED) is 0.714. The van der Waals surface area contributed by atoms with Gasteiger partial charge in [0.05, 0.1) is 12.1 Å². The molecule has 1 amide bonds. The fourth-order valence-electron chi connectivity index (χ4n) is 1.47. The monoisotopic (exact) mass is 248 g/mol. The Labute approximate surface area is 99.5 Å². The number of carbonyl (C=O) groups is 1. The molecule has 7 nitrogen and oxygen atoms in total. The van der Waals surface area contributed by atoms with Crippen LogP contribution in [-0.2, 0) is 11.2 Å². The van der Waals surface area contributed by atoms with Gasteiger partial charge in [-0.05, 0) is 0 Å². The molecule has 3 aromatic heterocycles. The van der Waals surface area contributed by atoms with Gasteiger partial charge in [-0.15, -0.1) is 11.3 Å². The molecule has 0 unspecified atom stereocenters. The normalized spacial score (nSPS) is 10.8. The number of nitrogens with zero attached hydrogens (tertiary/aromatic N) is 4. The van der Waals surface area contributed by atoms with Gasteiger partial charge in [0.1, 0.15) is 6.33 Å². The van der Waals surface area contributed by atoms with Gasteiger partial charge in [-0.2, -0.15) is 10.1 Å². The van der Waals surface area contributed by atoms with Crippen LogP contribution in [0.3, 0.4) is 0 Å². The minimum atomic E-state index is -0.174. The summed E-state index contributed by atoms with van der Waals surface area (Å²) in [5, 5.41) is 10.7. The van der Waals surface area contributed by atoms with Crippen molar-refractivity contribution in [1.29, 1.82) is 0 Å². The third-order valence-corrected chi connectivity index (χ3v) is 2.93. The van der Waals surface area contributed by atoms with Gasteiger partial charge < -0.3 is 0 Å². The molecule has 0 aromatic carbocycles. The summed E-state index contributed by atoms with van der Waals surface area (Å²) in [6, 6.07) is 0. The molecular weight excluding hydrogens is 240 g/mol. The molecule has 2 N–H and O–H groups in total. The Morgan fingerprint density at radius 2 is 2.53 bits per heavy atom. The topological polar surface area (TPSA) is 88.0 Å². The van der Waals surface area contributed by atoms with Crippen LogP contribution in [0.25, 0.3) is 4.96 Å². The van der Waals surface area contributed by atoms with E-state index in [-0.39, 0.29) is 12.3 Å². The summed E-state index contributed by atoms with van der Waals surface area (Å²) in [5.41, 5.74) is 0.730. The maximum atomic E-state index is 11.6. The lowest BCUT2D eigenvalue weighted by Gasteiger charge is -1.97. The van der Waals surface area contributed by atoms with Crippen molar-refractivity contribution in [3.8, 4) is 0 Å². The molecule has 0 saturated heterocycles. The third-order valence-electron chi connectivity index (χ3n) is 2.16. The second-order valence-electron chi connectivity index (χ2n) is 3.38. The number of anilines is 1. The van der Waals surface area contributed by atoms with Gasteiger partial charge in [0.2, 0.25) is 11.9 Å². The van der Waals surface area contributed by atoms with E-state index in [1.165, 1.54) is 17.7 Å². The highest BCUT2D eigenvalue weighted by atomic mass is 32.1. The number of hydrogen-bond donors (Lipinski definition) is 2. The fourth-order valence-corrected chi connectivity index (χ4v) is 2.19. The lowest BCUT2D eigenvalue weighted by atomic mass is 10.3. The minimum Gasteiger partial charge on any atom is -0.297 e. The van der Waals surface area contributed by atoms with Crippen molar-refractivity contribution in [2.24, 2.45) is 0 Å². The molecule has 86 valence electrons. The van der Waals surface area contributed by atoms with Crippen LogP contribution in [0.1, 0.15) is 5.69 Å². The van der Waals surface area contributed by atoms with Crippen molar-refractivity contribution in [2.45, 2.75) is 6.42 Å². The van der Waals surface area contributed by atoms with Crippen molar-refractivity contribution < 1.29 is 4.79 Å². The number of H-pyrrole nitrogens is 1. The van der Waals surface area contributed by atoms with E-state index < -0.39 is 0 Å². The summed E-state index contributed by atoms with van der Waals surface area (Å²) in [4.78, 5) is 20.6. The molecule has 0 bridgehead atoms. The Bertz CT molecular complexity index is 611. The van der Waals surface area contributed by atoms with Gasteiger partial charge in [-0.25, -0.2) is 10.1 Å². The van der Waals surface area contributed by atoms with E-state index in [0.29, 0.717) is 5.95 Å². The summed E-state index contributed by atoms with van der Waals surface area (Å²) in [7, 11) is 0. The number of amides is 1. The Balaban J connectivity index is 1.70. The first-order valence-corrected chi connectivity index (χ1v) is 5.75. The molecule has 3 rings (SSSR count). The zero-order valence-corrected chi connectivity index (χ0v) is 9.44. The van der Waals surface area contributed by atoms with Crippen LogP contribution < -0.4 is 5.32 Å². The van der Waals surface area contributed by atoms with E-state index in [9.17, 15) is 4.79 Å². The first-order chi connectivity index (χ1) is 8.31. The summed E-state index contributed by atoms with van der Waals surface area (Å²) in [6.45, 7) is 0. The van der Waals surface area contributed by atoms with Gasteiger partial charge in [-0.1, -0.05) is 0 Å². The Kier molecular flexibility index (Phi) is 2.33. The van der Waals surface area contributed by atoms with Crippen LogP contribution in [0.15, 0.2) is 24.1 Å². The molecule has 0 aliphatic carbocycles. The van der Waals surface area contributed by atoms with Crippen molar-refractivity contribution in [3.63, 3.8) is 0 Å². The average molecular weight is 248 g/mol. The number of imidazole rings is 1. The minimum absolute atomic E-state index is 0.174. The van der Waals surface area contributed by atoms with Crippen molar-refractivity contribution in [3.05, 3.63) is 29.8 Å². The largest absolute Gasteiger partial charge is 0.297 e. The number of rotatable bonds is 3. The number of aromatic nitrogens is 5. The molecule has 0 aliphatic heterocycles. The molecule has 17 heavy (non-hydrogen) atoms. The van der Waals surface area contributed by atoms with Gasteiger partial charge in [0.25, 0.3) is 0 Å². The van der Waals surface area contributed by atoms with E-state index in [1.807, 2.05) is 22.2 Å². The standard InChI is InChI=1S/C9H8N6OS/c16-7(13-8-10-5-11-14-8)3-6-4-15-1-2-17-9(15)12-6/h1-2,4-5H,3H2,(H2,10,11,13,14,16).